The maximum atomic E-state index is 5.33. The van der Waals surface area contributed by atoms with Crippen molar-refractivity contribution in [3.05, 3.63) is 29.8 Å². The molecular formula is C15H21NO. The van der Waals surface area contributed by atoms with Gasteiger partial charge in [0.05, 0.1) is 7.11 Å². The minimum absolute atomic E-state index is 0.635. The fraction of sp³-hybridized carbons (Fsp3) is 0.600. The molecule has 2 aliphatic rings. The van der Waals surface area contributed by atoms with Crippen molar-refractivity contribution in [2.45, 2.75) is 44.2 Å². The molecule has 0 spiro atoms. The zero-order valence-corrected chi connectivity index (χ0v) is 10.6. The molecule has 0 unspecified atom stereocenters. The van der Waals surface area contributed by atoms with Crippen LogP contribution in [0.15, 0.2) is 24.3 Å². The monoisotopic (exact) mass is 231 g/mol. The Hall–Kier alpha value is -1.02. The Bertz CT molecular complexity index is 390. The molecule has 0 radical (unpaired) electrons. The van der Waals surface area contributed by atoms with E-state index in [1.165, 1.54) is 44.2 Å². The molecule has 2 nitrogen and oxygen atoms in total. The van der Waals surface area contributed by atoms with E-state index in [-0.39, 0.29) is 0 Å². The molecule has 0 aliphatic carbocycles. The van der Waals surface area contributed by atoms with E-state index in [0.29, 0.717) is 6.04 Å². The summed E-state index contributed by atoms with van der Waals surface area (Å²) < 4.78 is 5.33. The summed E-state index contributed by atoms with van der Waals surface area (Å²) in [6.07, 6.45) is 6.89. The number of methoxy groups -OCH3 is 1. The van der Waals surface area contributed by atoms with Crippen molar-refractivity contribution in [2.75, 3.05) is 13.7 Å². The highest BCUT2D eigenvalue weighted by molar-refractivity contribution is 5.31. The average molecular weight is 231 g/mol. The summed E-state index contributed by atoms with van der Waals surface area (Å²) in [7, 11) is 1.75. The van der Waals surface area contributed by atoms with Crippen LogP contribution in [-0.2, 0) is 0 Å². The van der Waals surface area contributed by atoms with E-state index < -0.39 is 0 Å². The van der Waals surface area contributed by atoms with Crippen molar-refractivity contribution in [3.63, 3.8) is 0 Å². The number of rotatable bonds is 2. The molecule has 92 valence electrons. The van der Waals surface area contributed by atoms with Crippen LogP contribution in [0.2, 0.25) is 0 Å². The lowest BCUT2D eigenvalue weighted by atomic mass is 10.0. The van der Waals surface area contributed by atoms with Gasteiger partial charge in [0, 0.05) is 12.1 Å². The molecule has 17 heavy (non-hydrogen) atoms. The number of piperidine rings is 1. The van der Waals surface area contributed by atoms with Crippen LogP contribution in [0.25, 0.3) is 0 Å². The smallest absolute Gasteiger partial charge is 0.119 e. The van der Waals surface area contributed by atoms with Gasteiger partial charge in [0.2, 0.25) is 0 Å². The zero-order chi connectivity index (χ0) is 11.7. The fourth-order valence-corrected chi connectivity index (χ4v) is 3.47. The van der Waals surface area contributed by atoms with Crippen molar-refractivity contribution >= 4 is 0 Å². The maximum absolute atomic E-state index is 5.33. The van der Waals surface area contributed by atoms with Gasteiger partial charge in [-0.25, -0.2) is 0 Å². The van der Waals surface area contributed by atoms with Crippen LogP contribution in [-0.4, -0.2) is 24.6 Å². The largest absolute Gasteiger partial charge is 0.497 e. The predicted octanol–water partition coefficient (Wildman–Crippen LogP) is 3.38. The van der Waals surface area contributed by atoms with E-state index in [1.54, 1.807) is 7.11 Å². The summed E-state index contributed by atoms with van der Waals surface area (Å²) in [5, 5.41) is 0. The van der Waals surface area contributed by atoms with Gasteiger partial charge < -0.3 is 4.74 Å². The molecule has 2 aliphatic heterocycles. The number of fused-ring (bicyclic) bond motifs is 1. The van der Waals surface area contributed by atoms with Gasteiger partial charge in [0.1, 0.15) is 5.75 Å². The predicted molar refractivity (Wildman–Crippen MR) is 69.3 cm³/mol. The van der Waals surface area contributed by atoms with E-state index in [1.807, 2.05) is 6.07 Å². The Morgan fingerprint density at radius 2 is 2.12 bits per heavy atom. The highest BCUT2D eigenvalue weighted by Crippen LogP contribution is 2.40. The molecule has 2 saturated heterocycles. The molecular weight excluding hydrogens is 210 g/mol. The summed E-state index contributed by atoms with van der Waals surface area (Å²) in [5.41, 5.74) is 1.44. The van der Waals surface area contributed by atoms with Crippen LogP contribution in [0, 0.1) is 0 Å². The van der Waals surface area contributed by atoms with Gasteiger partial charge in [-0.15, -0.1) is 0 Å². The molecule has 2 heterocycles. The minimum atomic E-state index is 0.635. The molecule has 2 atom stereocenters. The first-order chi connectivity index (χ1) is 8.38. The molecule has 0 bridgehead atoms. The lowest BCUT2D eigenvalue weighted by molar-refractivity contribution is 0.150. The van der Waals surface area contributed by atoms with Crippen LogP contribution in [0.3, 0.4) is 0 Å². The SMILES string of the molecule is COc1cccc([C@H]2CC[C@H]3CCCCN32)c1. The number of hydrogen-bond acceptors (Lipinski definition) is 2. The second-order valence-electron chi connectivity index (χ2n) is 5.26. The lowest BCUT2D eigenvalue weighted by Gasteiger charge is -2.34. The summed E-state index contributed by atoms with van der Waals surface area (Å²) >= 11 is 0. The highest BCUT2D eigenvalue weighted by atomic mass is 16.5. The Balaban J connectivity index is 1.83. The Morgan fingerprint density at radius 3 is 3.00 bits per heavy atom. The van der Waals surface area contributed by atoms with Crippen LogP contribution in [0.1, 0.15) is 43.7 Å². The summed E-state index contributed by atoms with van der Waals surface area (Å²) in [6.45, 7) is 1.28. The molecule has 0 saturated carbocycles. The van der Waals surface area contributed by atoms with Crippen molar-refractivity contribution in [3.8, 4) is 5.75 Å². The molecule has 1 aromatic rings. The Kier molecular flexibility index (Phi) is 3.06. The van der Waals surface area contributed by atoms with Crippen LogP contribution >= 0.6 is 0 Å². The van der Waals surface area contributed by atoms with Crippen molar-refractivity contribution in [1.82, 2.24) is 4.90 Å². The third-order valence-corrected chi connectivity index (χ3v) is 4.32. The topological polar surface area (TPSA) is 12.5 Å². The van der Waals surface area contributed by atoms with E-state index in [2.05, 4.69) is 23.1 Å². The Labute approximate surface area is 104 Å². The molecule has 0 amide bonds. The second kappa shape index (κ2) is 4.69. The molecule has 0 N–H and O–H groups in total. The lowest BCUT2D eigenvalue weighted by Crippen LogP contribution is -2.35. The van der Waals surface area contributed by atoms with E-state index in [0.717, 1.165) is 11.8 Å². The zero-order valence-electron chi connectivity index (χ0n) is 10.6. The quantitative estimate of drug-likeness (QED) is 0.773. The van der Waals surface area contributed by atoms with Gasteiger partial charge in [-0.2, -0.15) is 0 Å². The van der Waals surface area contributed by atoms with Gasteiger partial charge in [0.25, 0.3) is 0 Å². The molecule has 0 aromatic heterocycles. The highest BCUT2D eigenvalue weighted by Gasteiger charge is 2.35. The molecule has 1 aromatic carbocycles. The summed E-state index contributed by atoms with van der Waals surface area (Å²) in [5.74, 6) is 0.989. The molecule has 2 heteroatoms. The third-order valence-electron chi connectivity index (χ3n) is 4.32. The van der Waals surface area contributed by atoms with Crippen molar-refractivity contribution in [1.29, 1.82) is 0 Å². The van der Waals surface area contributed by atoms with Gasteiger partial charge >= 0.3 is 0 Å². The van der Waals surface area contributed by atoms with Crippen LogP contribution in [0.5, 0.6) is 5.75 Å². The number of hydrogen-bond donors (Lipinski definition) is 0. The normalized spacial score (nSPS) is 29.0. The average Bonchev–Trinajstić information content (AvgIpc) is 2.82. The second-order valence-corrected chi connectivity index (χ2v) is 5.26. The van der Waals surface area contributed by atoms with E-state index in [4.69, 9.17) is 4.74 Å². The number of nitrogens with zero attached hydrogens (tertiary/aromatic N) is 1. The first-order valence-corrected chi connectivity index (χ1v) is 6.78. The van der Waals surface area contributed by atoms with Gasteiger partial charge in [-0.05, 0) is 49.9 Å². The van der Waals surface area contributed by atoms with Crippen molar-refractivity contribution < 1.29 is 4.74 Å². The van der Waals surface area contributed by atoms with E-state index in [9.17, 15) is 0 Å². The number of ether oxygens (including phenoxy) is 1. The van der Waals surface area contributed by atoms with Gasteiger partial charge in [-0.3, -0.25) is 4.90 Å². The molecule has 2 fully saturated rings. The van der Waals surface area contributed by atoms with Gasteiger partial charge in [0.15, 0.2) is 0 Å². The van der Waals surface area contributed by atoms with Crippen LogP contribution < -0.4 is 4.74 Å². The number of benzene rings is 1. The van der Waals surface area contributed by atoms with Crippen LogP contribution in [0.4, 0.5) is 0 Å². The summed E-state index contributed by atoms with van der Waals surface area (Å²) in [6, 6.07) is 10.1. The first kappa shape index (κ1) is 11.1. The van der Waals surface area contributed by atoms with Gasteiger partial charge in [-0.1, -0.05) is 18.6 Å². The van der Waals surface area contributed by atoms with E-state index >= 15 is 0 Å². The van der Waals surface area contributed by atoms with Crippen molar-refractivity contribution in [2.24, 2.45) is 0 Å². The standard InChI is InChI=1S/C15H21NO/c1-17-14-7-4-5-12(11-14)15-9-8-13-6-2-3-10-16(13)15/h4-5,7,11,13,15H,2-3,6,8-10H2,1H3/t13-,15-/m1/s1. The maximum Gasteiger partial charge on any atom is 0.119 e. The minimum Gasteiger partial charge on any atom is -0.497 e. The molecule has 3 rings (SSSR count). The first-order valence-electron chi connectivity index (χ1n) is 6.78. The third kappa shape index (κ3) is 2.06. The Morgan fingerprint density at radius 1 is 1.18 bits per heavy atom. The fourth-order valence-electron chi connectivity index (χ4n) is 3.47. The summed E-state index contributed by atoms with van der Waals surface area (Å²) in [4.78, 5) is 2.72.